The minimum Gasteiger partial charge on any atom is -0.461 e. The lowest BCUT2D eigenvalue weighted by Crippen LogP contribution is -2.58. The fourth-order valence-corrected chi connectivity index (χ4v) is 3.96. The third kappa shape index (κ3) is 3.86. The van der Waals surface area contributed by atoms with Crippen molar-refractivity contribution in [1.82, 2.24) is 4.90 Å². The Morgan fingerprint density at radius 3 is 2.62 bits per heavy atom. The molecule has 2 heterocycles. The van der Waals surface area contributed by atoms with Gasteiger partial charge in [0.05, 0.1) is 10.8 Å². The Morgan fingerprint density at radius 1 is 1.43 bits per heavy atom. The summed E-state index contributed by atoms with van der Waals surface area (Å²) in [6.07, 6.45) is 0. The summed E-state index contributed by atoms with van der Waals surface area (Å²) in [5.74, 6) is -0.123. The third-order valence-electron chi connectivity index (χ3n) is 3.08. The fourth-order valence-electron chi connectivity index (χ4n) is 2.20. The first-order valence-electron chi connectivity index (χ1n) is 6.80. The molecule has 5 nitrogen and oxygen atoms in total. The van der Waals surface area contributed by atoms with E-state index in [0.717, 1.165) is 5.57 Å². The van der Waals surface area contributed by atoms with Crippen LogP contribution in [0, 0.1) is 0 Å². The highest BCUT2D eigenvalue weighted by atomic mass is 35.5. The molecule has 7 heteroatoms. The summed E-state index contributed by atoms with van der Waals surface area (Å²) in [5.41, 5.74) is 0.721. The highest BCUT2D eigenvalue weighted by molar-refractivity contribution is 8.00. The van der Waals surface area contributed by atoms with Crippen LogP contribution in [-0.2, 0) is 19.1 Å². The van der Waals surface area contributed by atoms with Gasteiger partial charge in [-0.3, -0.25) is 4.79 Å². The van der Waals surface area contributed by atoms with Gasteiger partial charge in [-0.2, -0.15) is 0 Å². The number of fused-ring (bicyclic) bond motifs is 1. The fraction of sp³-hybridized carbons (Fsp3) is 0.714. The van der Waals surface area contributed by atoms with Crippen LogP contribution in [0.5, 0.6) is 0 Å². The maximum atomic E-state index is 12.5. The van der Waals surface area contributed by atoms with Gasteiger partial charge in [-0.1, -0.05) is 0 Å². The number of halogens is 1. The molecule has 1 saturated heterocycles. The van der Waals surface area contributed by atoms with Gasteiger partial charge in [0.1, 0.15) is 17.9 Å². The van der Waals surface area contributed by atoms with Crippen LogP contribution in [0.2, 0.25) is 0 Å². The Balaban J connectivity index is 2.22. The van der Waals surface area contributed by atoms with Crippen LogP contribution in [0.25, 0.3) is 0 Å². The molecule has 118 valence electrons. The van der Waals surface area contributed by atoms with Crippen molar-refractivity contribution >= 4 is 35.3 Å². The lowest BCUT2D eigenvalue weighted by Gasteiger charge is -2.50. The molecule has 2 rings (SSSR count). The average molecular weight is 334 g/mol. The van der Waals surface area contributed by atoms with Gasteiger partial charge in [0.2, 0.25) is 0 Å². The first-order valence-corrected chi connectivity index (χ1v) is 8.28. The monoisotopic (exact) mass is 333 g/mol. The van der Waals surface area contributed by atoms with E-state index in [-0.39, 0.29) is 29.3 Å². The highest BCUT2D eigenvalue weighted by Crippen LogP contribution is 2.42. The van der Waals surface area contributed by atoms with E-state index in [1.165, 1.54) is 6.92 Å². The number of alkyl halides is 1. The predicted molar refractivity (Wildman–Crippen MR) is 82.1 cm³/mol. The van der Waals surface area contributed by atoms with Crippen molar-refractivity contribution in [2.24, 2.45) is 0 Å². The number of carbonyl (C=O) groups excluding carboxylic acids is 2. The number of nitrogens with zero attached hydrogens (tertiary/aromatic N) is 1. The Kier molecular flexibility index (Phi) is 4.78. The minimum absolute atomic E-state index is 0.0303. The SMILES string of the molecule is CC(=O)OCC1=C(C(=O)OC(C)(C)C)N2C[C@H](Cl)C2SC1. The van der Waals surface area contributed by atoms with Crippen LogP contribution < -0.4 is 0 Å². The molecule has 0 radical (unpaired) electrons. The highest BCUT2D eigenvalue weighted by Gasteiger charge is 2.46. The average Bonchev–Trinajstić information content (AvgIpc) is 2.32. The van der Waals surface area contributed by atoms with Crippen LogP contribution in [-0.4, -0.2) is 52.1 Å². The molecule has 0 aliphatic carbocycles. The second-order valence-corrected chi connectivity index (χ2v) is 7.77. The van der Waals surface area contributed by atoms with E-state index in [2.05, 4.69) is 0 Å². The van der Waals surface area contributed by atoms with Crippen molar-refractivity contribution < 1.29 is 19.1 Å². The summed E-state index contributed by atoms with van der Waals surface area (Å²) in [6.45, 7) is 7.56. The van der Waals surface area contributed by atoms with Gasteiger partial charge >= 0.3 is 11.9 Å². The number of hydrogen-bond donors (Lipinski definition) is 0. The number of esters is 2. The molecular weight excluding hydrogens is 314 g/mol. The zero-order chi connectivity index (χ0) is 15.8. The van der Waals surface area contributed by atoms with E-state index in [1.54, 1.807) is 11.8 Å². The molecule has 21 heavy (non-hydrogen) atoms. The summed E-state index contributed by atoms with van der Waals surface area (Å²) in [4.78, 5) is 25.4. The van der Waals surface area contributed by atoms with Gasteiger partial charge in [0, 0.05) is 24.8 Å². The maximum absolute atomic E-state index is 12.5. The molecule has 0 aromatic heterocycles. The Bertz CT molecular complexity index is 486. The summed E-state index contributed by atoms with van der Waals surface area (Å²) < 4.78 is 10.5. The molecule has 2 aliphatic heterocycles. The molecule has 2 aliphatic rings. The molecular formula is C14H20ClNO4S. The van der Waals surface area contributed by atoms with E-state index in [0.29, 0.717) is 18.0 Å². The molecule has 2 atom stereocenters. The molecule has 0 saturated carbocycles. The number of ether oxygens (including phenoxy) is 2. The van der Waals surface area contributed by atoms with E-state index < -0.39 is 5.60 Å². The van der Waals surface area contributed by atoms with Crippen LogP contribution in [0.1, 0.15) is 27.7 Å². The second-order valence-electron chi connectivity index (χ2n) is 6.10. The molecule has 0 aromatic rings. The topological polar surface area (TPSA) is 55.8 Å². The summed E-state index contributed by atoms with van der Waals surface area (Å²) in [5, 5.41) is 0.123. The van der Waals surface area contributed by atoms with E-state index >= 15 is 0 Å². The Labute approximate surface area is 134 Å². The van der Waals surface area contributed by atoms with Gasteiger partial charge in [-0.15, -0.1) is 23.4 Å². The van der Waals surface area contributed by atoms with Crippen LogP contribution in [0.3, 0.4) is 0 Å². The largest absolute Gasteiger partial charge is 0.461 e. The second kappa shape index (κ2) is 6.08. The van der Waals surface area contributed by atoms with Gasteiger partial charge in [-0.25, -0.2) is 4.79 Å². The van der Waals surface area contributed by atoms with Crippen LogP contribution in [0.15, 0.2) is 11.3 Å². The summed E-state index contributed by atoms with van der Waals surface area (Å²) in [6, 6.07) is 0. The standard InChI is InChI=1S/C14H20ClNO4S/c1-8(17)19-6-9-7-21-12-10(15)5-16(12)11(9)13(18)20-14(2,3)4/h10,12H,5-7H2,1-4H3/t10-,12?/m0/s1. The zero-order valence-corrected chi connectivity index (χ0v) is 14.2. The molecule has 1 unspecified atom stereocenters. The van der Waals surface area contributed by atoms with Gasteiger partial charge in [0.25, 0.3) is 0 Å². The normalized spacial score (nSPS) is 25.1. The quantitative estimate of drug-likeness (QED) is 0.582. The van der Waals surface area contributed by atoms with Crippen LogP contribution in [0.4, 0.5) is 0 Å². The molecule has 0 spiro atoms. The zero-order valence-electron chi connectivity index (χ0n) is 12.6. The molecule has 0 amide bonds. The number of rotatable bonds is 3. The van der Waals surface area contributed by atoms with E-state index in [9.17, 15) is 9.59 Å². The predicted octanol–water partition coefficient (Wildman–Crippen LogP) is 2.14. The molecule has 1 fully saturated rings. The molecule has 0 aromatic carbocycles. The van der Waals surface area contributed by atoms with Gasteiger partial charge < -0.3 is 14.4 Å². The third-order valence-corrected chi connectivity index (χ3v) is 5.05. The van der Waals surface area contributed by atoms with E-state index in [4.69, 9.17) is 21.1 Å². The Hall–Kier alpha value is -0.880. The van der Waals surface area contributed by atoms with E-state index in [1.807, 2.05) is 25.7 Å². The number of hydrogen-bond acceptors (Lipinski definition) is 6. The first kappa shape index (κ1) is 16.5. The van der Waals surface area contributed by atoms with Crippen molar-refractivity contribution in [3.63, 3.8) is 0 Å². The van der Waals surface area contributed by atoms with Crippen LogP contribution >= 0.6 is 23.4 Å². The lowest BCUT2D eigenvalue weighted by atomic mass is 10.1. The van der Waals surface area contributed by atoms with Gasteiger partial charge in [-0.05, 0) is 20.8 Å². The molecule has 0 N–H and O–H groups in total. The summed E-state index contributed by atoms with van der Waals surface area (Å²) >= 11 is 7.84. The Morgan fingerprint density at radius 2 is 2.10 bits per heavy atom. The van der Waals surface area contributed by atoms with Crippen molar-refractivity contribution in [3.05, 3.63) is 11.3 Å². The number of thioether (sulfide) groups is 1. The smallest absolute Gasteiger partial charge is 0.355 e. The first-order chi connectivity index (χ1) is 9.69. The molecule has 0 bridgehead atoms. The van der Waals surface area contributed by atoms with Gasteiger partial charge in [0.15, 0.2) is 0 Å². The van der Waals surface area contributed by atoms with Crippen molar-refractivity contribution in [2.75, 3.05) is 18.9 Å². The van der Waals surface area contributed by atoms with Crippen molar-refractivity contribution in [1.29, 1.82) is 0 Å². The van der Waals surface area contributed by atoms with Crippen molar-refractivity contribution in [3.8, 4) is 0 Å². The number of carbonyl (C=O) groups is 2. The van der Waals surface area contributed by atoms with Crippen molar-refractivity contribution in [2.45, 2.75) is 44.0 Å². The summed E-state index contributed by atoms with van der Waals surface area (Å²) in [7, 11) is 0. The minimum atomic E-state index is -0.568. The maximum Gasteiger partial charge on any atom is 0.355 e. The lowest BCUT2D eigenvalue weighted by molar-refractivity contribution is -0.153.